The second-order valence-corrected chi connectivity index (χ2v) is 8.48. The normalized spacial score (nSPS) is 22.1. The molecule has 0 saturated heterocycles. The Morgan fingerprint density at radius 2 is 1.79 bits per heavy atom. The van der Waals surface area contributed by atoms with Crippen molar-refractivity contribution in [1.29, 1.82) is 0 Å². The largest absolute Gasteiger partial charge is 0.481 e. The fourth-order valence-electron chi connectivity index (χ4n) is 4.38. The van der Waals surface area contributed by atoms with Gasteiger partial charge in [0.25, 0.3) is 0 Å². The van der Waals surface area contributed by atoms with Crippen LogP contribution in [0.1, 0.15) is 42.5 Å². The Bertz CT molecular complexity index is 1030. The van der Waals surface area contributed by atoms with Crippen LogP contribution in [0.5, 0.6) is 0 Å². The van der Waals surface area contributed by atoms with Crippen LogP contribution in [0.25, 0.3) is 11.1 Å². The fourth-order valence-corrected chi connectivity index (χ4v) is 4.38. The van der Waals surface area contributed by atoms with E-state index in [-0.39, 0.29) is 24.2 Å². The molecule has 0 bridgehead atoms. The quantitative estimate of drug-likeness (QED) is 0.292. The Morgan fingerprint density at radius 1 is 1.06 bits per heavy atom. The summed E-state index contributed by atoms with van der Waals surface area (Å²) in [5.41, 5.74) is 0.330. The van der Waals surface area contributed by atoms with E-state index in [0.717, 1.165) is 11.1 Å². The zero-order chi connectivity index (χ0) is 24.6. The number of rotatable bonds is 11. The molecular formula is C27H30O7. The first-order chi connectivity index (χ1) is 16.4. The van der Waals surface area contributed by atoms with Gasteiger partial charge in [-0.25, -0.2) is 4.79 Å². The summed E-state index contributed by atoms with van der Waals surface area (Å²) in [5, 5.41) is 20.3. The van der Waals surface area contributed by atoms with E-state index in [1.54, 1.807) is 31.4 Å². The van der Waals surface area contributed by atoms with Gasteiger partial charge in [-0.3, -0.25) is 9.59 Å². The summed E-state index contributed by atoms with van der Waals surface area (Å²) in [6, 6.07) is 16.4. The molecule has 1 aliphatic rings. The van der Waals surface area contributed by atoms with Crippen LogP contribution in [0.2, 0.25) is 0 Å². The number of benzene rings is 2. The van der Waals surface area contributed by atoms with E-state index in [0.29, 0.717) is 19.4 Å². The number of aliphatic carboxylic acids is 1. The van der Waals surface area contributed by atoms with Gasteiger partial charge < -0.3 is 19.7 Å². The molecule has 7 nitrogen and oxygen atoms in total. The molecule has 7 heteroatoms. The maximum atomic E-state index is 13.1. The first-order valence-corrected chi connectivity index (χ1v) is 11.3. The molecule has 0 amide bonds. The van der Waals surface area contributed by atoms with Crippen molar-refractivity contribution < 1.29 is 34.1 Å². The number of carbonyl (C=O) groups is 3. The molecule has 0 aliphatic heterocycles. The molecule has 2 N–H and O–H groups in total. The predicted octanol–water partition coefficient (Wildman–Crippen LogP) is 4.05. The van der Waals surface area contributed by atoms with Crippen LogP contribution >= 0.6 is 0 Å². The maximum Gasteiger partial charge on any atom is 0.338 e. The predicted molar refractivity (Wildman–Crippen MR) is 126 cm³/mol. The molecule has 3 rings (SSSR count). The van der Waals surface area contributed by atoms with E-state index < -0.39 is 36.0 Å². The number of carboxylic acids is 1. The number of methoxy groups -OCH3 is 1. The highest BCUT2D eigenvalue weighted by Crippen LogP contribution is 2.43. The van der Waals surface area contributed by atoms with E-state index in [1.807, 2.05) is 36.4 Å². The summed E-state index contributed by atoms with van der Waals surface area (Å²) in [7, 11) is 1.56. The van der Waals surface area contributed by atoms with Crippen LogP contribution in [0.4, 0.5) is 0 Å². The number of aliphatic hydroxyl groups excluding tert-OH is 1. The molecule has 180 valence electrons. The monoisotopic (exact) mass is 466 g/mol. The Labute approximate surface area is 199 Å². The number of esters is 1. The average molecular weight is 467 g/mol. The van der Waals surface area contributed by atoms with Gasteiger partial charge in [-0.2, -0.15) is 0 Å². The lowest BCUT2D eigenvalue weighted by Gasteiger charge is -2.35. The molecular weight excluding hydrogens is 436 g/mol. The standard InChI is InChI=1S/C27H30O7/c1-33-16-6-11-23(28)14-12-22-13-15-24(29)27(22,18-25(30)31)34-26(32)21-10-5-9-20(17-21)19-7-3-2-4-8-19/h2-5,7-10,12,14,17,22,24,29H,6,11,13,15-16,18H2,1H3,(H,30,31). The Balaban J connectivity index is 1.84. The molecule has 3 unspecified atom stereocenters. The second-order valence-electron chi connectivity index (χ2n) is 8.48. The van der Waals surface area contributed by atoms with E-state index in [9.17, 15) is 24.6 Å². The van der Waals surface area contributed by atoms with Gasteiger partial charge >= 0.3 is 11.9 Å². The summed E-state index contributed by atoms with van der Waals surface area (Å²) in [5.74, 6) is -2.66. The molecule has 1 saturated carbocycles. The number of ketones is 1. The van der Waals surface area contributed by atoms with E-state index >= 15 is 0 Å². The van der Waals surface area contributed by atoms with Crippen molar-refractivity contribution >= 4 is 17.7 Å². The third kappa shape index (κ3) is 6.18. The molecule has 2 aromatic carbocycles. The lowest BCUT2D eigenvalue weighted by molar-refractivity contribution is -0.150. The number of hydrogen-bond acceptors (Lipinski definition) is 6. The Kier molecular flexibility index (Phi) is 8.73. The molecule has 1 aliphatic carbocycles. The third-order valence-corrected chi connectivity index (χ3v) is 6.14. The Morgan fingerprint density at radius 3 is 2.50 bits per heavy atom. The molecule has 3 atom stereocenters. The van der Waals surface area contributed by atoms with Crippen molar-refractivity contribution in [2.24, 2.45) is 5.92 Å². The minimum Gasteiger partial charge on any atom is -0.481 e. The summed E-state index contributed by atoms with van der Waals surface area (Å²) in [4.78, 5) is 37.0. The van der Waals surface area contributed by atoms with E-state index in [4.69, 9.17) is 9.47 Å². The topological polar surface area (TPSA) is 110 Å². The highest BCUT2D eigenvalue weighted by Gasteiger charge is 2.53. The van der Waals surface area contributed by atoms with Gasteiger partial charge in [-0.15, -0.1) is 0 Å². The number of carboxylic acid groups (broad SMARTS) is 1. The number of carbonyl (C=O) groups excluding carboxylic acids is 2. The SMILES string of the molecule is COCCCC(=O)C=CC1CCC(O)C1(CC(=O)O)OC(=O)c1cccc(-c2ccccc2)c1. The van der Waals surface area contributed by atoms with Crippen LogP contribution in [0, 0.1) is 5.92 Å². The number of hydrogen-bond donors (Lipinski definition) is 2. The van der Waals surface area contributed by atoms with Crippen LogP contribution in [-0.4, -0.2) is 53.4 Å². The van der Waals surface area contributed by atoms with Gasteiger partial charge in [0, 0.05) is 26.1 Å². The molecule has 34 heavy (non-hydrogen) atoms. The molecule has 0 spiro atoms. The first kappa shape index (κ1) is 25.3. The Hall–Kier alpha value is -3.29. The van der Waals surface area contributed by atoms with E-state index in [2.05, 4.69) is 0 Å². The molecule has 0 aromatic heterocycles. The average Bonchev–Trinajstić information content (AvgIpc) is 3.12. The van der Waals surface area contributed by atoms with Crippen LogP contribution < -0.4 is 0 Å². The maximum absolute atomic E-state index is 13.1. The zero-order valence-electron chi connectivity index (χ0n) is 19.2. The lowest BCUT2D eigenvalue weighted by atomic mass is 9.85. The summed E-state index contributed by atoms with van der Waals surface area (Å²) < 4.78 is 10.7. The van der Waals surface area contributed by atoms with Crippen molar-refractivity contribution in [1.82, 2.24) is 0 Å². The van der Waals surface area contributed by atoms with Gasteiger partial charge in [0.15, 0.2) is 11.4 Å². The highest BCUT2D eigenvalue weighted by atomic mass is 16.6. The van der Waals surface area contributed by atoms with Crippen molar-refractivity contribution in [2.45, 2.75) is 43.8 Å². The summed E-state index contributed by atoms with van der Waals surface area (Å²) >= 11 is 0. The minimum atomic E-state index is -1.66. The van der Waals surface area contributed by atoms with Gasteiger partial charge in [0.05, 0.1) is 18.1 Å². The first-order valence-electron chi connectivity index (χ1n) is 11.3. The van der Waals surface area contributed by atoms with Crippen molar-refractivity contribution in [2.75, 3.05) is 13.7 Å². The van der Waals surface area contributed by atoms with Crippen LogP contribution in [0.15, 0.2) is 66.7 Å². The third-order valence-electron chi connectivity index (χ3n) is 6.14. The van der Waals surface area contributed by atoms with Gasteiger partial charge in [0.2, 0.25) is 0 Å². The second kappa shape index (κ2) is 11.7. The van der Waals surface area contributed by atoms with Crippen molar-refractivity contribution in [3.05, 3.63) is 72.3 Å². The smallest absolute Gasteiger partial charge is 0.338 e. The number of allylic oxidation sites excluding steroid dienone is 1. The molecule has 0 radical (unpaired) electrons. The lowest BCUT2D eigenvalue weighted by Crippen LogP contribution is -2.48. The molecule has 1 fully saturated rings. The molecule has 0 heterocycles. The van der Waals surface area contributed by atoms with Gasteiger partial charge in [-0.1, -0.05) is 48.5 Å². The highest BCUT2D eigenvalue weighted by molar-refractivity contribution is 5.92. The van der Waals surface area contributed by atoms with Crippen molar-refractivity contribution in [3.8, 4) is 11.1 Å². The summed E-state index contributed by atoms with van der Waals surface area (Å²) in [6.45, 7) is 0.463. The van der Waals surface area contributed by atoms with Crippen molar-refractivity contribution in [3.63, 3.8) is 0 Å². The number of ether oxygens (including phenoxy) is 2. The van der Waals surface area contributed by atoms with E-state index in [1.165, 1.54) is 6.08 Å². The van der Waals surface area contributed by atoms with Gasteiger partial charge in [-0.05, 0) is 48.6 Å². The van der Waals surface area contributed by atoms with Gasteiger partial charge in [0.1, 0.15) is 0 Å². The summed E-state index contributed by atoms with van der Waals surface area (Å²) in [6.07, 6.45) is 2.75. The number of aliphatic hydroxyl groups is 1. The van der Waals surface area contributed by atoms with Crippen LogP contribution in [-0.2, 0) is 19.1 Å². The fraction of sp³-hybridized carbons (Fsp3) is 0.370. The van der Waals surface area contributed by atoms with Crippen LogP contribution in [0.3, 0.4) is 0 Å². The zero-order valence-corrected chi connectivity index (χ0v) is 19.2. The minimum absolute atomic E-state index is 0.135. The molecule has 2 aromatic rings.